The zero-order valence-electron chi connectivity index (χ0n) is 9.31. The summed E-state index contributed by atoms with van der Waals surface area (Å²) in [5.41, 5.74) is 0.798. The van der Waals surface area contributed by atoms with Gasteiger partial charge in [0.1, 0.15) is 0 Å². The van der Waals surface area contributed by atoms with Gasteiger partial charge in [-0.25, -0.2) is 0 Å². The van der Waals surface area contributed by atoms with Crippen LogP contribution in [0.4, 0.5) is 0 Å². The number of hydrogen-bond donors (Lipinski definition) is 2. The van der Waals surface area contributed by atoms with Crippen LogP contribution in [0, 0.1) is 12.3 Å². The third kappa shape index (κ3) is 1.61. The van der Waals surface area contributed by atoms with Crippen LogP contribution in [0.2, 0.25) is 0 Å². The van der Waals surface area contributed by atoms with E-state index in [-0.39, 0.29) is 0 Å². The molecule has 1 fully saturated rings. The molecule has 0 spiro atoms. The first-order valence-electron chi connectivity index (χ1n) is 5.54. The van der Waals surface area contributed by atoms with E-state index in [1.54, 1.807) is 6.07 Å². The van der Waals surface area contributed by atoms with Crippen LogP contribution in [-0.4, -0.2) is 16.2 Å². The molecule has 0 heterocycles. The summed E-state index contributed by atoms with van der Waals surface area (Å²) in [6.07, 6.45) is 1.13. The lowest BCUT2D eigenvalue weighted by Gasteiger charge is -2.41. The Hall–Kier alpha value is -1.35. The van der Waals surface area contributed by atoms with E-state index in [2.05, 4.69) is 0 Å². The second-order valence-corrected chi connectivity index (χ2v) is 4.63. The quantitative estimate of drug-likeness (QED) is 0.821. The van der Waals surface area contributed by atoms with Crippen molar-refractivity contribution in [2.24, 2.45) is 5.41 Å². The zero-order valence-corrected chi connectivity index (χ0v) is 9.31. The molecule has 0 amide bonds. The van der Waals surface area contributed by atoms with Gasteiger partial charge in [0.15, 0.2) is 0 Å². The first kappa shape index (κ1) is 11.1. The van der Waals surface area contributed by atoms with E-state index in [9.17, 15) is 15.0 Å². The average molecular weight is 220 g/mol. The molecule has 1 atom stereocenters. The molecule has 16 heavy (non-hydrogen) atoms. The first-order chi connectivity index (χ1) is 7.56. The lowest BCUT2D eigenvalue weighted by molar-refractivity contribution is -0.166. The minimum atomic E-state index is -0.951. The van der Waals surface area contributed by atoms with Gasteiger partial charge in [0.25, 0.3) is 0 Å². The van der Waals surface area contributed by atoms with E-state index in [1.807, 2.05) is 25.1 Å². The molecule has 86 valence electrons. The monoisotopic (exact) mass is 220 g/mol. The van der Waals surface area contributed by atoms with E-state index >= 15 is 0 Å². The Balaban J connectivity index is 2.30. The Bertz CT molecular complexity index is 407. The number of carboxylic acid groups (broad SMARTS) is 1. The number of carbonyl (C=O) groups is 1. The van der Waals surface area contributed by atoms with Crippen molar-refractivity contribution in [3.05, 3.63) is 35.4 Å². The molecule has 1 unspecified atom stereocenters. The molecule has 2 rings (SSSR count). The van der Waals surface area contributed by atoms with Gasteiger partial charge in [0.05, 0.1) is 11.5 Å². The van der Waals surface area contributed by atoms with Crippen LogP contribution in [-0.2, 0) is 4.79 Å². The van der Waals surface area contributed by atoms with Crippen molar-refractivity contribution < 1.29 is 15.0 Å². The van der Waals surface area contributed by atoms with Gasteiger partial charge in [-0.1, -0.05) is 36.2 Å². The number of aliphatic carboxylic acids is 1. The summed E-state index contributed by atoms with van der Waals surface area (Å²) in [5, 5.41) is 19.4. The minimum Gasteiger partial charge on any atom is -0.481 e. The van der Waals surface area contributed by atoms with Crippen molar-refractivity contribution in [2.75, 3.05) is 0 Å². The molecule has 0 aromatic heterocycles. The van der Waals surface area contributed by atoms with Crippen molar-refractivity contribution in [1.29, 1.82) is 0 Å². The fourth-order valence-corrected chi connectivity index (χ4v) is 2.32. The second kappa shape index (κ2) is 3.91. The van der Waals surface area contributed by atoms with Crippen molar-refractivity contribution in [1.82, 2.24) is 0 Å². The Morgan fingerprint density at radius 1 is 1.44 bits per heavy atom. The standard InChI is InChI=1S/C13H16O3/c1-9-4-2-5-10(8-9)11(14)13(12(15)16)6-3-7-13/h2,4-5,8,11,14H,3,6-7H2,1H3,(H,15,16). The third-order valence-electron chi connectivity index (χ3n) is 3.55. The maximum absolute atomic E-state index is 11.2. The molecule has 0 radical (unpaired) electrons. The highest BCUT2D eigenvalue weighted by atomic mass is 16.4. The highest BCUT2D eigenvalue weighted by molar-refractivity contribution is 5.77. The van der Waals surface area contributed by atoms with E-state index in [0.29, 0.717) is 18.4 Å². The number of hydrogen-bond acceptors (Lipinski definition) is 2. The van der Waals surface area contributed by atoms with Gasteiger partial charge in [0.2, 0.25) is 0 Å². The fourth-order valence-electron chi connectivity index (χ4n) is 2.32. The molecule has 0 bridgehead atoms. The maximum atomic E-state index is 11.2. The van der Waals surface area contributed by atoms with E-state index in [0.717, 1.165) is 12.0 Å². The normalized spacial score (nSPS) is 19.9. The first-order valence-corrected chi connectivity index (χ1v) is 5.54. The van der Waals surface area contributed by atoms with Crippen LogP contribution in [0.3, 0.4) is 0 Å². The molecule has 0 aliphatic heterocycles. The van der Waals surface area contributed by atoms with Crippen LogP contribution >= 0.6 is 0 Å². The summed E-state index contributed by atoms with van der Waals surface area (Å²) >= 11 is 0. The average Bonchev–Trinajstić information content (AvgIpc) is 2.15. The minimum absolute atomic E-state index is 0.567. The maximum Gasteiger partial charge on any atom is 0.312 e. The van der Waals surface area contributed by atoms with Gasteiger partial charge < -0.3 is 10.2 Å². The Kier molecular flexibility index (Phi) is 2.72. The highest BCUT2D eigenvalue weighted by Gasteiger charge is 2.50. The van der Waals surface area contributed by atoms with Gasteiger partial charge in [-0.2, -0.15) is 0 Å². The van der Waals surface area contributed by atoms with E-state index in [1.165, 1.54) is 0 Å². The number of benzene rings is 1. The molecule has 3 nitrogen and oxygen atoms in total. The molecule has 0 saturated heterocycles. The highest BCUT2D eigenvalue weighted by Crippen LogP contribution is 2.50. The zero-order chi connectivity index (χ0) is 11.8. The second-order valence-electron chi connectivity index (χ2n) is 4.63. The predicted octanol–water partition coefficient (Wildman–Crippen LogP) is 2.28. The van der Waals surface area contributed by atoms with Gasteiger partial charge in [-0.15, -0.1) is 0 Å². The van der Waals surface area contributed by atoms with Crippen LogP contribution in [0.5, 0.6) is 0 Å². The summed E-state index contributed by atoms with van der Waals surface area (Å²) in [7, 11) is 0. The SMILES string of the molecule is Cc1cccc(C(O)C2(C(=O)O)CCC2)c1. The van der Waals surface area contributed by atoms with Gasteiger partial charge in [-0.05, 0) is 25.3 Å². The molecule has 1 aliphatic rings. The molecule has 1 aromatic rings. The van der Waals surface area contributed by atoms with Crippen LogP contribution < -0.4 is 0 Å². The largest absolute Gasteiger partial charge is 0.481 e. The van der Waals surface area contributed by atoms with Crippen molar-refractivity contribution in [3.8, 4) is 0 Å². The Labute approximate surface area is 94.7 Å². The Morgan fingerprint density at radius 3 is 2.56 bits per heavy atom. The smallest absolute Gasteiger partial charge is 0.312 e. The van der Waals surface area contributed by atoms with Crippen LogP contribution in [0.15, 0.2) is 24.3 Å². The van der Waals surface area contributed by atoms with Crippen molar-refractivity contribution >= 4 is 5.97 Å². The summed E-state index contributed by atoms with van der Waals surface area (Å²) in [5.74, 6) is -0.882. The number of aliphatic hydroxyl groups excluding tert-OH is 1. The van der Waals surface area contributed by atoms with Crippen molar-refractivity contribution in [2.45, 2.75) is 32.3 Å². The third-order valence-corrected chi connectivity index (χ3v) is 3.55. The lowest BCUT2D eigenvalue weighted by Crippen LogP contribution is -2.43. The van der Waals surface area contributed by atoms with Gasteiger partial charge in [0, 0.05) is 0 Å². The summed E-state index contributed by atoms with van der Waals surface area (Å²) in [6.45, 7) is 1.93. The number of carboxylic acids is 1. The number of rotatable bonds is 3. The van der Waals surface area contributed by atoms with Crippen molar-refractivity contribution in [3.63, 3.8) is 0 Å². The molecule has 1 aromatic carbocycles. The van der Waals surface area contributed by atoms with Gasteiger partial charge in [-0.3, -0.25) is 4.79 Å². The molecular weight excluding hydrogens is 204 g/mol. The molecular formula is C13H16O3. The fraction of sp³-hybridized carbons (Fsp3) is 0.462. The number of aryl methyl sites for hydroxylation is 1. The predicted molar refractivity (Wildman–Crippen MR) is 60.1 cm³/mol. The summed E-state index contributed by atoms with van der Waals surface area (Å²) < 4.78 is 0. The summed E-state index contributed by atoms with van der Waals surface area (Å²) in [4.78, 5) is 11.2. The van der Waals surface area contributed by atoms with E-state index < -0.39 is 17.5 Å². The molecule has 1 aliphatic carbocycles. The lowest BCUT2D eigenvalue weighted by atomic mass is 9.63. The number of aliphatic hydroxyl groups is 1. The van der Waals surface area contributed by atoms with Crippen LogP contribution in [0.1, 0.15) is 36.5 Å². The Morgan fingerprint density at radius 2 is 2.12 bits per heavy atom. The van der Waals surface area contributed by atoms with E-state index in [4.69, 9.17) is 0 Å². The topological polar surface area (TPSA) is 57.5 Å². The van der Waals surface area contributed by atoms with Gasteiger partial charge >= 0.3 is 5.97 Å². The van der Waals surface area contributed by atoms with Crippen LogP contribution in [0.25, 0.3) is 0 Å². The summed E-state index contributed by atoms with van der Waals surface area (Å²) in [6, 6.07) is 7.43. The molecule has 1 saturated carbocycles. The molecule has 2 N–H and O–H groups in total. The molecule has 3 heteroatoms.